The molecule has 2 aromatic carbocycles. The lowest BCUT2D eigenvalue weighted by atomic mass is 10.3. The molecule has 0 amide bonds. The van der Waals surface area contributed by atoms with Gasteiger partial charge in [0.05, 0.1) is 21.9 Å². The largest absolute Gasteiger partial charge is 0.339 e. The third-order valence-electron chi connectivity index (χ3n) is 2.85. The van der Waals surface area contributed by atoms with Crippen molar-refractivity contribution in [2.75, 3.05) is 10.6 Å². The smallest absolute Gasteiger partial charge is 0.249 e. The molecule has 0 saturated heterocycles. The van der Waals surface area contributed by atoms with Crippen LogP contribution in [0, 0.1) is 0 Å². The Hall–Kier alpha value is -2.08. The molecule has 5 nitrogen and oxygen atoms in total. The normalized spacial score (nSPS) is 10.4. The van der Waals surface area contributed by atoms with Crippen LogP contribution in [0.15, 0.2) is 48.7 Å². The average Bonchev–Trinajstić information content (AvgIpc) is 2.52. The highest BCUT2D eigenvalue weighted by molar-refractivity contribution is 6.43. The first-order chi connectivity index (χ1) is 11.1. The Morgan fingerprint density at radius 3 is 2.57 bits per heavy atom. The first-order valence-electron chi connectivity index (χ1n) is 6.55. The standard InChI is InChI=1S/C15H10Cl3N5/c16-9-3-1-4-10(7-9)20-13-8-19-23-15(22-13)21-12-6-2-5-11(17)14(12)18/h1-8H,(H2,20,21,22,23). The van der Waals surface area contributed by atoms with Crippen molar-refractivity contribution in [3.05, 3.63) is 63.7 Å². The molecule has 3 rings (SSSR count). The molecule has 0 aliphatic rings. The van der Waals surface area contributed by atoms with E-state index in [0.29, 0.717) is 32.5 Å². The summed E-state index contributed by atoms with van der Waals surface area (Å²) in [6, 6.07) is 12.5. The van der Waals surface area contributed by atoms with Crippen LogP contribution in [0.25, 0.3) is 0 Å². The van der Waals surface area contributed by atoms with E-state index in [4.69, 9.17) is 34.8 Å². The van der Waals surface area contributed by atoms with E-state index in [1.807, 2.05) is 12.1 Å². The van der Waals surface area contributed by atoms with Crippen molar-refractivity contribution in [3.8, 4) is 0 Å². The zero-order valence-electron chi connectivity index (χ0n) is 11.6. The van der Waals surface area contributed by atoms with E-state index < -0.39 is 0 Å². The van der Waals surface area contributed by atoms with Crippen molar-refractivity contribution >= 4 is 57.9 Å². The fourth-order valence-corrected chi connectivity index (χ4v) is 2.39. The molecule has 0 atom stereocenters. The number of aromatic nitrogens is 3. The van der Waals surface area contributed by atoms with Crippen LogP contribution < -0.4 is 10.6 Å². The molecule has 0 aliphatic carbocycles. The second-order valence-electron chi connectivity index (χ2n) is 4.53. The number of hydrogen-bond acceptors (Lipinski definition) is 5. The van der Waals surface area contributed by atoms with Gasteiger partial charge in [-0.15, -0.1) is 5.10 Å². The van der Waals surface area contributed by atoms with Crippen LogP contribution in [-0.4, -0.2) is 15.2 Å². The number of nitrogens with zero attached hydrogens (tertiary/aromatic N) is 3. The monoisotopic (exact) mass is 365 g/mol. The maximum Gasteiger partial charge on any atom is 0.249 e. The van der Waals surface area contributed by atoms with Crippen molar-refractivity contribution < 1.29 is 0 Å². The summed E-state index contributed by atoms with van der Waals surface area (Å²) in [5, 5.41) is 15.4. The summed E-state index contributed by atoms with van der Waals surface area (Å²) in [5.41, 5.74) is 1.39. The molecule has 2 N–H and O–H groups in total. The molecule has 0 saturated carbocycles. The predicted octanol–water partition coefficient (Wildman–Crippen LogP) is 5.32. The third-order valence-corrected chi connectivity index (χ3v) is 3.91. The molecule has 0 unspecified atom stereocenters. The minimum atomic E-state index is 0.293. The Morgan fingerprint density at radius 2 is 1.74 bits per heavy atom. The van der Waals surface area contributed by atoms with Crippen molar-refractivity contribution in [2.24, 2.45) is 0 Å². The van der Waals surface area contributed by atoms with Crippen LogP contribution in [-0.2, 0) is 0 Å². The summed E-state index contributed by atoms with van der Waals surface area (Å²) >= 11 is 18.1. The maximum atomic E-state index is 6.13. The van der Waals surface area contributed by atoms with Crippen molar-refractivity contribution in [2.45, 2.75) is 0 Å². The van der Waals surface area contributed by atoms with Gasteiger partial charge < -0.3 is 10.6 Å². The summed E-state index contributed by atoms with van der Waals surface area (Å²) in [4.78, 5) is 4.32. The second kappa shape index (κ2) is 7.00. The fourth-order valence-electron chi connectivity index (χ4n) is 1.85. The summed E-state index contributed by atoms with van der Waals surface area (Å²) < 4.78 is 0. The highest BCUT2D eigenvalue weighted by atomic mass is 35.5. The number of anilines is 4. The number of rotatable bonds is 4. The van der Waals surface area contributed by atoms with Crippen LogP contribution >= 0.6 is 34.8 Å². The molecule has 3 aromatic rings. The molecule has 0 bridgehead atoms. The highest BCUT2D eigenvalue weighted by Crippen LogP contribution is 2.31. The zero-order valence-corrected chi connectivity index (χ0v) is 13.9. The van der Waals surface area contributed by atoms with Gasteiger partial charge in [-0.3, -0.25) is 0 Å². The number of nitrogens with one attached hydrogen (secondary N) is 2. The second-order valence-corrected chi connectivity index (χ2v) is 5.75. The summed E-state index contributed by atoms with van der Waals surface area (Å²) in [5.74, 6) is 0.809. The summed E-state index contributed by atoms with van der Waals surface area (Å²) in [6.45, 7) is 0. The Kier molecular flexibility index (Phi) is 4.81. The van der Waals surface area contributed by atoms with Gasteiger partial charge in [-0.05, 0) is 30.3 Å². The van der Waals surface area contributed by atoms with Gasteiger partial charge in [0.25, 0.3) is 0 Å². The number of benzene rings is 2. The lowest BCUT2D eigenvalue weighted by Crippen LogP contribution is -2.02. The summed E-state index contributed by atoms with van der Waals surface area (Å²) in [6.07, 6.45) is 1.51. The third kappa shape index (κ3) is 4.01. The Balaban J connectivity index is 1.81. The van der Waals surface area contributed by atoms with Gasteiger partial charge in [-0.1, -0.05) is 46.9 Å². The molecule has 23 heavy (non-hydrogen) atoms. The van der Waals surface area contributed by atoms with E-state index in [2.05, 4.69) is 25.8 Å². The summed E-state index contributed by atoms with van der Waals surface area (Å²) in [7, 11) is 0. The molecule has 8 heteroatoms. The van der Waals surface area contributed by atoms with Gasteiger partial charge in [0.2, 0.25) is 5.95 Å². The van der Waals surface area contributed by atoms with Crippen molar-refractivity contribution in [1.82, 2.24) is 15.2 Å². The van der Waals surface area contributed by atoms with E-state index in [1.54, 1.807) is 30.3 Å². The molecular weight excluding hydrogens is 357 g/mol. The maximum absolute atomic E-state index is 6.13. The molecule has 0 fully saturated rings. The van der Waals surface area contributed by atoms with Crippen LogP contribution in [0.3, 0.4) is 0 Å². The van der Waals surface area contributed by atoms with Crippen LogP contribution in [0.4, 0.5) is 23.1 Å². The van der Waals surface area contributed by atoms with E-state index in [9.17, 15) is 0 Å². The van der Waals surface area contributed by atoms with Crippen molar-refractivity contribution in [1.29, 1.82) is 0 Å². The Morgan fingerprint density at radius 1 is 0.913 bits per heavy atom. The van der Waals surface area contributed by atoms with Crippen LogP contribution in [0.1, 0.15) is 0 Å². The van der Waals surface area contributed by atoms with Gasteiger partial charge in [-0.2, -0.15) is 10.1 Å². The van der Waals surface area contributed by atoms with E-state index in [1.165, 1.54) is 6.20 Å². The molecule has 116 valence electrons. The lowest BCUT2D eigenvalue weighted by molar-refractivity contribution is 0.982. The van der Waals surface area contributed by atoms with Crippen LogP contribution in [0.5, 0.6) is 0 Å². The molecule has 1 aromatic heterocycles. The molecule has 1 heterocycles. The quantitative estimate of drug-likeness (QED) is 0.654. The number of hydrogen-bond donors (Lipinski definition) is 2. The molecule has 0 aliphatic heterocycles. The first-order valence-corrected chi connectivity index (χ1v) is 7.68. The van der Waals surface area contributed by atoms with Gasteiger partial charge in [0, 0.05) is 10.7 Å². The van der Waals surface area contributed by atoms with Gasteiger partial charge in [0.1, 0.15) is 0 Å². The predicted molar refractivity (Wildman–Crippen MR) is 94.3 cm³/mol. The van der Waals surface area contributed by atoms with Gasteiger partial charge in [-0.25, -0.2) is 0 Å². The highest BCUT2D eigenvalue weighted by Gasteiger charge is 2.07. The first kappa shape index (κ1) is 15.8. The zero-order chi connectivity index (χ0) is 16.2. The van der Waals surface area contributed by atoms with E-state index in [-0.39, 0.29) is 0 Å². The van der Waals surface area contributed by atoms with E-state index >= 15 is 0 Å². The van der Waals surface area contributed by atoms with Crippen molar-refractivity contribution in [3.63, 3.8) is 0 Å². The fraction of sp³-hybridized carbons (Fsp3) is 0. The molecular formula is C15H10Cl3N5. The minimum absolute atomic E-state index is 0.293. The van der Waals surface area contributed by atoms with Crippen LogP contribution in [0.2, 0.25) is 15.1 Å². The molecule has 0 spiro atoms. The average molecular weight is 367 g/mol. The number of halogens is 3. The van der Waals surface area contributed by atoms with Gasteiger partial charge in [0.15, 0.2) is 5.82 Å². The topological polar surface area (TPSA) is 62.7 Å². The Labute approximate surface area is 147 Å². The molecule has 0 radical (unpaired) electrons. The minimum Gasteiger partial charge on any atom is -0.339 e. The SMILES string of the molecule is Clc1cccc(Nc2cnnc(Nc3cccc(Cl)c3Cl)n2)c1. The van der Waals surface area contributed by atoms with Gasteiger partial charge >= 0.3 is 0 Å². The van der Waals surface area contributed by atoms with E-state index in [0.717, 1.165) is 5.69 Å². The Bertz CT molecular complexity index is 841. The lowest BCUT2D eigenvalue weighted by Gasteiger charge is -2.09.